The number of carbonyl (C=O) groups excluding carboxylic acids is 1. The lowest BCUT2D eigenvalue weighted by Gasteiger charge is -2.71. The fraction of sp³-hybridized carbons (Fsp3) is 0.963. The molecule has 0 radical (unpaired) electrons. The van der Waals surface area contributed by atoms with Crippen molar-refractivity contribution in [1.82, 2.24) is 4.90 Å². The Bertz CT molecular complexity index is 979. The second kappa shape index (κ2) is 7.23. The molecule has 0 aromatic heterocycles. The number of likely N-dealkylation sites (tertiary alicyclic amines) is 1. The monoisotopic (exact) mass is 507 g/mol. The molecule has 5 aliphatic carbocycles. The Morgan fingerprint density at radius 2 is 1.89 bits per heavy atom. The molecular weight excluding hydrogens is 466 g/mol. The summed E-state index contributed by atoms with van der Waals surface area (Å²) >= 11 is 0. The molecule has 36 heavy (non-hydrogen) atoms. The van der Waals surface area contributed by atoms with Crippen LogP contribution in [0.3, 0.4) is 0 Å². The number of methoxy groups -OCH3 is 3. The van der Waals surface area contributed by atoms with Crippen molar-refractivity contribution in [1.29, 1.82) is 0 Å². The predicted molar refractivity (Wildman–Crippen MR) is 126 cm³/mol. The van der Waals surface area contributed by atoms with E-state index in [1.165, 1.54) is 6.92 Å². The van der Waals surface area contributed by atoms with E-state index in [2.05, 4.69) is 18.7 Å². The first-order chi connectivity index (χ1) is 17.2. The third kappa shape index (κ3) is 2.16. The van der Waals surface area contributed by atoms with Crippen molar-refractivity contribution in [3.8, 4) is 0 Å². The highest BCUT2D eigenvalue weighted by atomic mass is 16.7. The molecule has 2 saturated heterocycles. The lowest BCUT2D eigenvalue weighted by molar-refractivity contribution is -0.332. The van der Waals surface area contributed by atoms with Crippen LogP contribution in [0.1, 0.15) is 46.5 Å². The summed E-state index contributed by atoms with van der Waals surface area (Å²) in [5, 5.41) is 13.4. The first-order valence-corrected chi connectivity index (χ1v) is 13.7. The normalized spacial score (nSPS) is 60.2. The third-order valence-electron chi connectivity index (χ3n) is 12.2. The summed E-state index contributed by atoms with van der Waals surface area (Å²) < 4.78 is 38.7. The standard InChI is InChI=1S/C27H41NO8/c1-7-28-12-23(3)9-8-17(32-5)26-20(23)21(36-14(2)29)27(22(26)28)25(34-13-35-27)11-16(31-4)15-10-24(26,30)19(25)18(15)33-6/h15-22,30H,7-13H2,1-6H3/t15-,16+,17?,18+,19?,20?,21+,22+,23+,24+,25-,26?,27?/m1/s1. The number of fused-ring (bicyclic) bond motifs is 1. The first kappa shape index (κ1) is 24.2. The van der Waals surface area contributed by atoms with E-state index in [1.54, 1.807) is 21.3 Å². The largest absolute Gasteiger partial charge is 0.459 e. The van der Waals surface area contributed by atoms with Gasteiger partial charge in [-0.15, -0.1) is 0 Å². The van der Waals surface area contributed by atoms with Crippen LogP contribution in [0.15, 0.2) is 0 Å². The lowest BCUT2D eigenvalue weighted by Crippen LogP contribution is -2.85. The number of aliphatic hydroxyl groups is 1. The van der Waals surface area contributed by atoms with Crippen molar-refractivity contribution in [2.75, 3.05) is 41.2 Å². The summed E-state index contributed by atoms with van der Waals surface area (Å²) in [4.78, 5) is 15.3. The average Bonchev–Trinajstić information content (AvgIpc) is 3.40. The lowest BCUT2D eigenvalue weighted by atomic mass is 9.41. The number of ether oxygens (including phenoxy) is 6. The summed E-state index contributed by atoms with van der Waals surface area (Å²) in [5.41, 5.74) is -3.94. The van der Waals surface area contributed by atoms with E-state index in [-0.39, 0.29) is 60.3 Å². The molecule has 1 N–H and O–H groups in total. The molecule has 2 heterocycles. The van der Waals surface area contributed by atoms with Crippen LogP contribution in [-0.2, 0) is 33.2 Å². The number of piperidine rings is 1. The topological polar surface area (TPSA) is 95.9 Å². The Morgan fingerprint density at radius 1 is 1.11 bits per heavy atom. The van der Waals surface area contributed by atoms with Gasteiger partial charge in [0.15, 0.2) is 5.60 Å². The van der Waals surface area contributed by atoms with Gasteiger partial charge in [0.1, 0.15) is 18.5 Å². The summed E-state index contributed by atoms with van der Waals surface area (Å²) in [6.07, 6.45) is 1.69. The SMILES string of the molecule is CCN1C[C@]2(C)CCC(OC)C34C2[C@H](OC(C)=O)C2(OCO[C@@]25C[C@H](OC)[C@H]2C[C@]3(O)C5[C@H]2OC)[C@@H]14. The van der Waals surface area contributed by atoms with Crippen LogP contribution in [0.25, 0.3) is 0 Å². The molecule has 0 aromatic carbocycles. The molecule has 3 spiro atoms. The molecule has 7 rings (SSSR count). The molecule has 0 amide bonds. The number of esters is 1. The highest BCUT2D eigenvalue weighted by molar-refractivity contribution is 5.67. The minimum Gasteiger partial charge on any atom is -0.459 e. The molecule has 202 valence electrons. The van der Waals surface area contributed by atoms with Gasteiger partial charge in [-0.3, -0.25) is 9.69 Å². The van der Waals surface area contributed by atoms with Crippen molar-refractivity contribution in [2.24, 2.45) is 28.6 Å². The van der Waals surface area contributed by atoms with Gasteiger partial charge in [-0.05, 0) is 31.2 Å². The van der Waals surface area contributed by atoms with Crippen molar-refractivity contribution >= 4 is 5.97 Å². The average molecular weight is 508 g/mol. The molecule has 7 aliphatic rings. The Labute approximate surface area is 213 Å². The number of rotatable bonds is 5. The maximum atomic E-state index is 13.4. The molecule has 5 saturated carbocycles. The summed E-state index contributed by atoms with van der Waals surface area (Å²) in [6.45, 7) is 7.72. The molecule has 5 unspecified atom stereocenters. The number of nitrogens with zero attached hydrogens (tertiary/aromatic N) is 1. The number of likely N-dealkylation sites (N-methyl/N-ethyl adjacent to an activating group) is 1. The van der Waals surface area contributed by atoms with Crippen LogP contribution in [0.5, 0.6) is 0 Å². The first-order valence-electron chi connectivity index (χ1n) is 13.7. The van der Waals surface area contributed by atoms with Gasteiger partial charge in [-0.25, -0.2) is 0 Å². The van der Waals surface area contributed by atoms with Crippen LogP contribution >= 0.6 is 0 Å². The van der Waals surface area contributed by atoms with Crippen molar-refractivity contribution in [3.05, 3.63) is 0 Å². The van der Waals surface area contributed by atoms with E-state index in [4.69, 9.17) is 28.4 Å². The zero-order valence-electron chi connectivity index (χ0n) is 22.3. The zero-order valence-corrected chi connectivity index (χ0v) is 22.3. The van der Waals surface area contributed by atoms with Gasteiger partial charge in [0, 0.05) is 59.0 Å². The molecule has 7 bridgehead atoms. The fourth-order valence-corrected chi connectivity index (χ4v) is 11.7. The van der Waals surface area contributed by atoms with Gasteiger partial charge in [0.2, 0.25) is 0 Å². The smallest absolute Gasteiger partial charge is 0.303 e. The van der Waals surface area contributed by atoms with Crippen LogP contribution < -0.4 is 0 Å². The maximum absolute atomic E-state index is 13.4. The van der Waals surface area contributed by atoms with E-state index < -0.39 is 28.3 Å². The second-order valence-corrected chi connectivity index (χ2v) is 12.9. The predicted octanol–water partition coefficient (Wildman–Crippen LogP) is 1.35. The van der Waals surface area contributed by atoms with Gasteiger partial charge < -0.3 is 33.5 Å². The van der Waals surface area contributed by atoms with Gasteiger partial charge in [-0.1, -0.05) is 13.8 Å². The molecule has 9 nitrogen and oxygen atoms in total. The molecule has 0 aromatic rings. The summed E-state index contributed by atoms with van der Waals surface area (Å²) in [7, 11) is 5.23. The van der Waals surface area contributed by atoms with E-state index >= 15 is 0 Å². The highest BCUT2D eigenvalue weighted by Crippen LogP contribution is 2.83. The molecular formula is C27H41NO8. The van der Waals surface area contributed by atoms with E-state index in [9.17, 15) is 9.90 Å². The van der Waals surface area contributed by atoms with E-state index in [0.29, 0.717) is 12.8 Å². The van der Waals surface area contributed by atoms with Crippen molar-refractivity contribution < 1.29 is 38.3 Å². The Balaban J connectivity index is 1.61. The number of hydrogen-bond donors (Lipinski definition) is 1. The number of hydrogen-bond acceptors (Lipinski definition) is 9. The Hall–Kier alpha value is -0.810. The maximum Gasteiger partial charge on any atom is 0.303 e. The minimum absolute atomic E-state index is 0.0317. The molecule has 7 fully saturated rings. The van der Waals surface area contributed by atoms with Crippen LogP contribution in [0.4, 0.5) is 0 Å². The Kier molecular flexibility index (Phi) is 4.87. The molecule has 13 atom stereocenters. The quantitative estimate of drug-likeness (QED) is 0.553. The van der Waals surface area contributed by atoms with Gasteiger partial charge >= 0.3 is 5.97 Å². The zero-order chi connectivity index (χ0) is 25.5. The molecule has 9 heteroatoms. The third-order valence-corrected chi connectivity index (χ3v) is 12.2. The minimum atomic E-state index is -1.16. The number of carbonyl (C=O) groups is 1. The second-order valence-electron chi connectivity index (χ2n) is 12.9. The van der Waals surface area contributed by atoms with Crippen LogP contribution in [0.2, 0.25) is 0 Å². The van der Waals surface area contributed by atoms with Crippen LogP contribution in [-0.4, -0.2) is 104 Å². The van der Waals surface area contributed by atoms with Gasteiger partial charge in [0.25, 0.3) is 0 Å². The van der Waals surface area contributed by atoms with Gasteiger partial charge in [0.05, 0.1) is 35.4 Å². The van der Waals surface area contributed by atoms with Crippen molar-refractivity contribution in [3.63, 3.8) is 0 Å². The molecule has 2 aliphatic heterocycles. The Morgan fingerprint density at radius 3 is 2.53 bits per heavy atom. The van der Waals surface area contributed by atoms with Gasteiger partial charge in [-0.2, -0.15) is 0 Å². The fourth-order valence-electron chi connectivity index (χ4n) is 11.7. The van der Waals surface area contributed by atoms with E-state index in [1.807, 2.05) is 0 Å². The van der Waals surface area contributed by atoms with Crippen LogP contribution in [0, 0.1) is 28.6 Å². The van der Waals surface area contributed by atoms with Crippen molar-refractivity contribution in [2.45, 2.75) is 93.7 Å². The summed E-state index contributed by atoms with van der Waals surface area (Å²) in [5.74, 6) is -0.771. The summed E-state index contributed by atoms with van der Waals surface area (Å²) in [6, 6.07) is -0.224. The van der Waals surface area contributed by atoms with E-state index in [0.717, 1.165) is 25.9 Å². The highest BCUT2D eigenvalue weighted by Gasteiger charge is 2.97.